The van der Waals surface area contributed by atoms with E-state index in [1.165, 1.54) is 12.3 Å². The van der Waals surface area contributed by atoms with Crippen molar-refractivity contribution >= 4 is 15.7 Å². The number of rotatable bonds is 7. The number of sulfone groups is 1. The van der Waals surface area contributed by atoms with Crippen LogP contribution in [0.5, 0.6) is 0 Å². The van der Waals surface area contributed by atoms with Gasteiger partial charge < -0.3 is 10.4 Å². The largest absolute Gasteiger partial charge is 0.396 e. The van der Waals surface area contributed by atoms with Crippen LogP contribution in [0.2, 0.25) is 0 Å². The number of nitrogens with zero attached hydrogens (tertiary/aromatic N) is 1. The summed E-state index contributed by atoms with van der Waals surface area (Å²) in [4.78, 5) is 4.27. The second-order valence-corrected chi connectivity index (χ2v) is 6.27. The predicted octanol–water partition coefficient (Wildman–Crippen LogP) is 1.31. The van der Waals surface area contributed by atoms with Crippen LogP contribution >= 0.6 is 0 Å². The highest BCUT2D eigenvalue weighted by molar-refractivity contribution is 7.90. The van der Waals surface area contributed by atoms with Gasteiger partial charge in [0.2, 0.25) is 0 Å². The number of aliphatic hydroxyl groups excluding tert-OH is 1. The summed E-state index contributed by atoms with van der Waals surface area (Å²) in [6, 6.07) is 3.14. The minimum Gasteiger partial charge on any atom is -0.396 e. The second kappa shape index (κ2) is 6.70. The maximum atomic E-state index is 11.6. The normalized spacial score (nSPS) is 13.3. The Hall–Kier alpha value is -1.14. The summed E-state index contributed by atoms with van der Waals surface area (Å²) >= 11 is 0. The van der Waals surface area contributed by atoms with Crippen LogP contribution in [-0.2, 0) is 9.84 Å². The van der Waals surface area contributed by atoms with Crippen LogP contribution in [-0.4, -0.2) is 37.9 Å². The summed E-state index contributed by atoms with van der Waals surface area (Å²) in [5.74, 6) is 0.695. The molecule has 1 unspecified atom stereocenters. The molecule has 0 aliphatic rings. The van der Waals surface area contributed by atoms with E-state index in [1.54, 1.807) is 12.3 Å². The quantitative estimate of drug-likeness (QED) is 0.782. The SMILES string of the molecule is CCC(CCO)CNc1ncccc1S(C)(=O)=O. The van der Waals surface area contributed by atoms with E-state index < -0.39 is 9.84 Å². The summed E-state index contributed by atoms with van der Waals surface area (Å²) in [5, 5.41) is 12.0. The summed E-state index contributed by atoms with van der Waals surface area (Å²) in [6.45, 7) is 2.79. The van der Waals surface area contributed by atoms with Gasteiger partial charge in [0, 0.05) is 25.6 Å². The lowest BCUT2D eigenvalue weighted by atomic mass is 10.0. The van der Waals surface area contributed by atoms with Crippen molar-refractivity contribution < 1.29 is 13.5 Å². The smallest absolute Gasteiger partial charge is 0.179 e. The molecule has 2 N–H and O–H groups in total. The van der Waals surface area contributed by atoms with Gasteiger partial charge in [-0.1, -0.05) is 13.3 Å². The molecule has 0 saturated carbocycles. The Bertz CT molecular complexity index is 474. The van der Waals surface area contributed by atoms with Gasteiger partial charge in [0.15, 0.2) is 9.84 Å². The molecule has 0 radical (unpaired) electrons. The predicted molar refractivity (Wildman–Crippen MR) is 71.3 cm³/mol. The fraction of sp³-hybridized carbons (Fsp3) is 0.583. The zero-order valence-electron chi connectivity index (χ0n) is 10.8. The van der Waals surface area contributed by atoms with Crippen LogP contribution in [0.1, 0.15) is 19.8 Å². The summed E-state index contributed by atoms with van der Waals surface area (Å²) in [6.07, 6.45) is 4.35. The summed E-state index contributed by atoms with van der Waals surface area (Å²) in [7, 11) is -3.27. The zero-order valence-corrected chi connectivity index (χ0v) is 11.6. The highest BCUT2D eigenvalue weighted by Crippen LogP contribution is 2.18. The molecule has 0 fully saturated rings. The molecule has 0 saturated heterocycles. The highest BCUT2D eigenvalue weighted by atomic mass is 32.2. The molecular weight excluding hydrogens is 252 g/mol. The number of aromatic nitrogens is 1. The van der Waals surface area contributed by atoms with Crippen LogP contribution in [0, 0.1) is 5.92 Å². The first-order valence-corrected chi connectivity index (χ1v) is 7.88. The van der Waals surface area contributed by atoms with E-state index in [2.05, 4.69) is 10.3 Å². The van der Waals surface area contributed by atoms with E-state index in [0.717, 1.165) is 6.42 Å². The third-order valence-electron chi connectivity index (χ3n) is 2.84. The number of aliphatic hydroxyl groups is 1. The van der Waals surface area contributed by atoms with Crippen molar-refractivity contribution in [3.8, 4) is 0 Å². The number of pyridine rings is 1. The van der Waals surface area contributed by atoms with Gasteiger partial charge in [-0.05, 0) is 24.5 Å². The van der Waals surface area contributed by atoms with Crippen molar-refractivity contribution in [3.05, 3.63) is 18.3 Å². The average Bonchev–Trinajstić information content (AvgIpc) is 2.33. The number of hydrogen-bond donors (Lipinski definition) is 2. The Balaban J connectivity index is 2.79. The topological polar surface area (TPSA) is 79.3 Å². The molecule has 0 aliphatic carbocycles. The molecule has 1 rings (SSSR count). The van der Waals surface area contributed by atoms with Gasteiger partial charge in [-0.2, -0.15) is 0 Å². The molecule has 0 spiro atoms. The van der Waals surface area contributed by atoms with Crippen molar-refractivity contribution in [2.45, 2.75) is 24.7 Å². The first-order chi connectivity index (χ1) is 8.49. The molecular formula is C12H20N2O3S. The molecule has 18 heavy (non-hydrogen) atoms. The molecule has 102 valence electrons. The molecule has 5 nitrogen and oxygen atoms in total. The van der Waals surface area contributed by atoms with Gasteiger partial charge >= 0.3 is 0 Å². The van der Waals surface area contributed by atoms with Crippen LogP contribution in [0.3, 0.4) is 0 Å². The lowest BCUT2D eigenvalue weighted by Crippen LogP contribution is -2.17. The van der Waals surface area contributed by atoms with Crippen molar-refractivity contribution in [1.29, 1.82) is 0 Å². The van der Waals surface area contributed by atoms with E-state index in [4.69, 9.17) is 5.11 Å². The molecule has 1 aromatic rings. The molecule has 6 heteroatoms. The van der Waals surface area contributed by atoms with Gasteiger partial charge in [0.25, 0.3) is 0 Å². The van der Waals surface area contributed by atoms with Gasteiger partial charge in [0.05, 0.1) is 0 Å². The van der Waals surface area contributed by atoms with Gasteiger partial charge in [-0.15, -0.1) is 0 Å². The number of hydrogen-bond acceptors (Lipinski definition) is 5. The van der Waals surface area contributed by atoms with E-state index >= 15 is 0 Å². The monoisotopic (exact) mass is 272 g/mol. The molecule has 0 amide bonds. The Kier molecular flexibility index (Phi) is 5.55. The first kappa shape index (κ1) is 14.9. The third-order valence-corrected chi connectivity index (χ3v) is 3.97. The second-order valence-electron chi connectivity index (χ2n) is 4.29. The zero-order chi connectivity index (χ0) is 13.6. The van der Waals surface area contributed by atoms with E-state index in [9.17, 15) is 8.42 Å². The lowest BCUT2D eigenvalue weighted by Gasteiger charge is -2.16. The first-order valence-electron chi connectivity index (χ1n) is 5.98. The minimum atomic E-state index is -3.27. The molecule has 0 aromatic carbocycles. The summed E-state index contributed by atoms with van der Waals surface area (Å²) < 4.78 is 23.1. The number of anilines is 1. The molecule has 0 bridgehead atoms. The Morgan fingerprint density at radius 1 is 1.50 bits per heavy atom. The van der Waals surface area contributed by atoms with Crippen molar-refractivity contribution in [3.63, 3.8) is 0 Å². The summed E-state index contributed by atoms with van der Waals surface area (Å²) in [5.41, 5.74) is 0. The Labute approximate surface area is 108 Å². The average molecular weight is 272 g/mol. The van der Waals surface area contributed by atoms with Crippen molar-refractivity contribution in [1.82, 2.24) is 4.98 Å². The van der Waals surface area contributed by atoms with Crippen LogP contribution in [0.4, 0.5) is 5.82 Å². The standard InChI is InChI=1S/C12H20N2O3S/c1-3-10(6-8-15)9-14-12-11(18(2,16)17)5-4-7-13-12/h4-5,7,10,15H,3,6,8-9H2,1-2H3,(H,13,14). The van der Waals surface area contributed by atoms with Gasteiger partial charge in [0.1, 0.15) is 10.7 Å². The van der Waals surface area contributed by atoms with Crippen LogP contribution in [0.25, 0.3) is 0 Å². The fourth-order valence-electron chi connectivity index (χ4n) is 1.70. The van der Waals surface area contributed by atoms with Gasteiger partial charge in [-0.25, -0.2) is 13.4 Å². The lowest BCUT2D eigenvalue weighted by molar-refractivity contribution is 0.258. The van der Waals surface area contributed by atoms with E-state index in [1.807, 2.05) is 6.92 Å². The van der Waals surface area contributed by atoms with Crippen LogP contribution in [0.15, 0.2) is 23.2 Å². The molecule has 1 aromatic heterocycles. The third kappa shape index (κ3) is 4.27. The van der Waals surface area contributed by atoms with E-state index in [0.29, 0.717) is 24.7 Å². The maximum absolute atomic E-state index is 11.6. The van der Waals surface area contributed by atoms with Gasteiger partial charge in [-0.3, -0.25) is 0 Å². The van der Waals surface area contributed by atoms with Crippen LogP contribution < -0.4 is 5.32 Å². The molecule has 1 atom stereocenters. The van der Waals surface area contributed by atoms with Crippen molar-refractivity contribution in [2.24, 2.45) is 5.92 Å². The fourth-order valence-corrected chi connectivity index (χ4v) is 2.50. The highest BCUT2D eigenvalue weighted by Gasteiger charge is 2.14. The Morgan fingerprint density at radius 2 is 2.22 bits per heavy atom. The number of nitrogens with one attached hydrogen (secondary N) is 1. The van der Waals surface area contributed by atoms with E-state index in [-0.39, 0.29) is 11.5 Å². The minimum absolute atomic E-state index is 0.140. The molecule has 1 heterocycles. The van der Waals surface area contributed by atoms with Crippen molar-refractivity contribution in [2.75, 3.05) is 24.7 Å². The Morgan fingerprint density at radius 3 is 2.78 bits per heavy atom. The molecule has 0 aliphatic heterocycles. The maximum Gasteiger partial charge on any atom is 0.179 e.